The zero-order valence-electron chi connectivity index (χ0n) is 11.2. The normalized spacial score (nSPS) is 11.4. The highest BCUT2D eigenvalue weighted by Gasteiger charge is 2.14. The first-order valence-corrected chi connectivity index (χ1v) is 9.16. The molecule has 0 saturated carbocycles. The second-order valence-corrected chi connectivity index (χ2v) is 7.92. The summed E-state index contributed by atoms with van der Waals surface area (Å²) in [4.78, 5) is 1.58. The maximum absolute atomic E-state index is 12.1. The molecule has 0 aliphatic carbocycles. The predicted octanol–water partition coefficient (Wildman–Crippen LogP) is 2.37. The lowest BCUT2D eigenvalue weighted by Gasteiger charge is -2.06. The highest BCUT2D eigenvalue weighted by Crippen LogP contribution is 2.14. The third kappa shape index (κ3) is 4.60. The minimum atomic E-state index is -3.35. The van der Waals surface area contributed by atoms with Gasteiger partial charge in [0.25, 0.3) is 0 Å². The monoisotopic (exact) mass is 341 g/mol. The molecule has 0 unspecified atom stereocenters. The molecule has 1 aromatic heterocycles. The second kappa shape index (κ2) is 7.13. The second-order valence-electron chi connectivity index (χ2n) is 4.34. The summed E-state index contributed by atoms with van der Waals surface area (Å²) < 4.78 is 29.7. The first-order valence-electron chi connectivity index (χ1n) is 6.22. The minimum absolute atomic E-state index is 0.0508. The Morgan fingerprint density at radius 3 is 2.52 bits per heavy atom. The number of thiocarbonyl (C=S) groups is 1. The molecule has 0 aliphatic heterocycles. The average Bonchev–Trinajstić information content (AvgIpc) is 2.97. The molecule has 0 aliphatic rings. The standard InChI is InChI=1S/C14H15NO3S3/c15-14(19)11-3-5-13(6-4-11)21(16,17)9-7-18-10-12-2-1-8-20-12/h1-6,8H,7,9-10H2,(H2,15,19). The molecule has 0 radical (unpaired) electrons. The number of nitrogens with two attached hydrogens (primary N) is 1. The Kier molecular flexibility index (Phi) is 5.46. The van der Waals surface area contributed by atoms with E-state index >= 15 is 0 Å². The predicted molar refractivity (Wildman–Crippen MR) is 88.4 cm³/mol. The molecule has 112 valence electrons. The SMILES string of the molecule is NC(=S)c1ccc(S(=O)(=O)CCOCc2cccs2)cc1. The molecular weight excluding hydrogens is 326 g/mol. The number of hydrogen-bond acceptors (Lipinski definition) is 5. The zero-order chi connectivity index (χ0) is 15.3. The van der Waals surface area contributed by atoms with Crippen molar-refractivity contribution in [1.82, 2.24) is 0 Å². The van der Waals surface area contributed by atoms with E-state index < -0.39 is 9.84 Å². The van der Waals surface area contributed by atoms with Gasteiger partial charge in [-0.15, -0.1) is 11.3 Å². The van der Waals surface area contributed by atoms with Gasteiger partial charge in [0.1, 0.15) is 4.99 Å². The third-order valence-electron chi connectivity index (χ3n) is 2.82. The van der Waals surface area contributed by atoms with Crippen LogP contribution in [0.15, 0.2) is 46.7 Å². The van der Waals surface area contributed by atoms with Crippen molar-refractivity contribution in [3.8, 4) is 0 Å². The van der Waals surface area contributed by atoms with Gasteiger partial charge < -0.3 is 10.5 Å². The molecule has 0 atom stereocenters. The Labute approximate surface area is 133 Å². The van der Waals surface area contributed by atoms with Crippen LogP contribution >= 0.6 is 23.6 Å². The smallest absolute Gasteiger partial charge is 0.180 e. The molecule has 2 rings (SSSR count). The first kappa shape index (κ1) is 16.1. The van der Waals surface area contributed by atoms with Crippen LogP contribution in [0.1, 0.15) is 10.4 Å². The lowest BCUT2D eigenvalue weighted by atomic mass is 10.2. The number of hydrogen-bond donors (Lipinski definition) is 1. The van der Waals surface area contributed by atoms with Gasteiger partial charge in [-0.25, -0.2) is 8.42 Å². The van der Waals surface area contributed by atoms with Gasteiger partial charge in [-0.2, -0.15) is 0 Å². The van der Waals surface area contributed by atoms with Gasteiger partial charge in [0.05, 0.1) is 23.9 Å². The molecule has 0 spiro atoms. The van der Waals surface area contributed by atoms with Gasteiger partial charge in [0.15, 0.2) is 9.84 Å². The highest BCUT2D eigenvalue weighted by atomic mass is 32.2. The fourth-order valence-electron chi connectivity index (χ4n) is 1.68. The van der Waals surface area contributed by atoms with Crippen molar-refractivity contribution in [2.75, 3.05) is 12.4 Å². The molecule has 7 heteroatoms. The molecule has 0 fully saturated rings. The van der Waals surface area contributed by atoms with Crippen molar-refractivity contribution in [3.63, 3.8) is 0 Å². The van der Waals surface area contributed by atoms with E-state index in [-0.39, 0.29) is 22.2 Å². The largest absolute Gasteiger partial charge is 0.389 e. The van der Waals surface area contributed by atoms with Crippen molar-refractivity contribution < 1.29 is 13.2 Å². The molecule has 0 saturated heterocycles. The van der Waals surface area contributed by atoms with Gasteiger partial charge in [-0.3, -0.25) is 0 Å². The Bertz CT molecular complexity index is 692. The van der Waals surface area contributed by atoms with Crippen LogP contribution in [0.5, 0.6) is 0 Å². The van der Waals surface area contributed by atoms with E-state index in [4.69, 9.17) is 22.7 Å². The lowest BCUT2D eigenvalue weighted by Crippen LogP contribution is -2.13. The number of sulfone groups is 1. The maximum atomic E-state index is 12.1. The Balaban J connectivity index is 1.90. The van der Waals surface area contributed by atoms with E-state index in [0.717, 1.165) is 4.88 Å². The maximum Gasteiger partial charge on any atom is 0.180 e. The lowest BCUT2D eigenvalue weighted by molar-refractivity contribution is 0.137. The quantitative estimate of drug-likeness (QED) is 0.618. The molecule has 21 heavy (non-hydrogen) atoms. The molecular formula is C14H15NO3S3. The first-order chi connectivity index (χ1) is 9.99. The van der Waals surface area contributed by atoms with E-state index in [2.05, 4.69) is 0 Å². The molecule has 4 nitrogen and oxygen atoms in total. The average molecular weight is 341 g/mol. The van der Waals surface area contributed by atoms with E-state index in [1.165, 1.54) is 12.1 Å². The highest BCUT2D eigenvalue weighted by molar-refractivity contribution is 7.91. The summed E-state index contributed by atoms with van der Waals surface area (Å²) in [6.45, 7) is 0.602. The summed E-state index contributed by atoms with van der Waals surface area (Å²) in [5.74, 6) is -0.0508. The summed E-state index contributed by atoms with van der Waals surface area (Å²) in [5, 5.41) is 1.96. The van der Waals surface area contributed by atoms with E-state index in [0.29, 0.717) is 12.2 Å². The van der Waals surface area contributed by atoms with Crippen molar-refractivity contribution >= 4 is 38.4 Å². The summed E-state index contributed by atoms with van der Waals surface area (Å²) in [5.41, 5.74) is 6.13. The van der Waals surface area contributed by atoms with Crippen molar-refractivity contribution in [3.05, 3.63) is 52.2 Å². The Hall–Kier alpha value is -1.28. The van der Waals surface area contributed by atoms with Crippen molar-refractivity contribution in [2.24, 2.45) is 5.73 Å². The molecule has 2 N–H and O–H groups in total. The molecule has 2 aromatic rings. The topological polar surface area (TPSA) is 69.4 Å². The van der Waals surface area contributed by atoms with Crippen LogP contribution in [0, 0.1) is 0 Å². The Morgan fingerprint density at radius 1 is 1.24 bits per heavy atom. The third-order valence-corrected chi connectivity index (χ3v) is 5.60. The number of ether oxygens (including phenoxy) is 1. The zero-order valence-corrected chi connectivity index (χ0v) is 13.6. The van der Waals surface area contributed by atoms with Crippen LogP contribution < -0.4 is 5.73 Å². The van der Waals surface area contributed by atoms with Crippen LogP contribution in [0.4, 0.5) is 0 Å². The minimum Gasteiger partial charge on any atom is -0.389 e. The van der Waals surface area contributed by atoms with Gasteiger partial charge in [0, 0.05) is 10.4 Å². The van der Waals surface area contributed by atoms with Gasteiger partial charge in [0.2, 0.25) is 0 Å². The van der Waals surface area contributed by atoms with Crippen LogP contribution in [0.25, 0.3) is 0 Å². The van der Waals surface area contributed by atoms with E-state index in [9.17, 15) is 8.42 Å². The van der Waals surface area contributed by atoms with Crippen LogP contribution in [0.3, 0.4) is 0 Å². The fraction of sp³-hybridized carbons (Fsp3) is 0.214. The molecule has 0 amide bonds. The van der Waals surface area contributed by atoms with Crippen LogP contribution in [-0.2, 0) is 21.2 Å². The molecule has 0 bridgehead atoms. The summed E-state index contributed by atoms with van der Waals surface area (Å²) >= 11 is 6.42. The van der Waals surface area contributed by atoms with Gasteiger partial charge in [-0.05, 0) is 23.6 Å². The van der Waals surface area contributed by atoms with E-state index in [1.54, 1.807) is 23.5 Å². The summed E-state index contributed by atoms with van der Waals surface area (Å²) in [7, 11) is -3.35. The number of rotatable bonds is 7. The van der Waals surface area contributed by atoms with Crippen molar-refractivity contribution in [2.45, 2.75) is 11.5 Å². The van der Waals surface area contributed by atoms with Gasteiger partial charge >= 0.3 is 0 Å². The summed E-state index contributed by atoms with van der Waals surface area (Å²) in [6, 6.07) is 10.1. The molecule has 1 aromatic carbocycles. The number of benzene rings is 1. The molecule has 1 heterocycles. The van der Waals surface area contributed by atoms with Crippen LogP contribution in [-0.4, -0.2) is 25.8 Å². The van der Waals surface area contributed by atoms with Crippen LogP contribution in [0.2, 0.25) is 0 Å². The van der Waals surface area contributed by atoms with Gasteiger partial charge in [-0.1, -0.05) is 30.4 Å². The number of thiophene rings is 1. The Morgan fingerprint density at radius 2 is 1.95 bits per heavy atom. The van der Waals surface area contributed by atoms with Crippen molar-refractivity contribution in [1.29, 1.82) is 0 Å². The summed E-state index contributed by atoms with van der Waals surface area (Å²) in [6.07, 6.45) is 0. The van der Waals surface area contributed by atoms with E-state index in [1.807, 2.05) is 17.5 Å². The fourth-order valence-corrected chi connectivity index (χ4v) is 3.58.